The minimum Gasteiger partial charge on any atom is -0.481 e. The number of fused-ring (bicyclic) bond motifs is 3. The third kappa shape index (κ3) is 1.90. The van der Waals surface area contributed by atoms with Crippen molar-refractivity contribution in [3.63, 3.8) is 0 Å². The van der Waals surface area contributed by atoms with E-state index < -0.39 is 40.2 Å². The molecule has 4 N–H and O–H groups in total. The van der Waals surface area contributed by atoms with Crippen LogP contribution in [0.1, 0.15) is 58.8 Å². The van der Waals surface area contributed by atoms with Gasteiger partial charge in [0.15, 0.2) is 0 Å². The lowest BCUT2D eigenvalue weighted by Gasteiger charge is -2.50. The fourth-order valence-corrected chi connectivity index (χ4v) is 8.33. The van der Waals surface area contributed by atoms with Gasteiger partial charge in [0, 0.05) is 0 Å². The topological polar surface area (TPSA) is 115 Å². The zero-order valence-corrected chi connectivity index (χ0v) is 15.6. The van der Waals surface area contributed by atoms with E-state index in [1.807, 2.05) is 0 Å². The van der Waals surface area contributed by atoms with Gasteiger partial charge in [-0.25, -0.2) is 0 Å². The molecule has 4 saturated carbocycles. The van der Waals surface area contributed by atoms with Gasteiger partial charge in [-0.1, -0.05) is 13.3 Å². The highest BCUT2D eigenvalue weighted by molar-refractivity contribution is 5.79. The summed E-state index contributed by atoms with van der Waals surface area (Å²) in [6.45, 7) is 3.48. The monoisotopic (exact) mass is 366 g/mol. The number of aliphatic carboxylic acids is 2. The summed E-state index contributed by atoms with van der Waals surface area (Å²) in [4.78, 5) is 24.7. The largest absolute Gasteiger partial charge is 0.481 e. The lowest BCUT2D eigenvalue weighted by molar-refractivity contribution is -0.166. The minimum atomic E-state index is -1.23. The summed E-state index contributed by atoms with van der Waals surface area (Å²) in [6, 6.07) is 0. The van der Waals surface area contributed by atoms with Gasteiger partial charge in [0.1, 0.15) is 0 Å². The van der Waals surface area contributed by atoms with Crippen molar-refractivity contribution < 1.29 is 30.0 Å². The Labute approximate surface area is 153 Å². The maximum atomic E-state index is 12.5. The van der Waals surface area contributed by atoms with Crippen LogP contribution in [-0.2, 0) is 9.59 Å². The van der Waals surface area contributed by atoms with Gasteiger partial charge in [-0.3, -0.25) is 9.59 Å². The van der Waals surface area contributed by atoms with Crippen LogP contribution in [0.25, 0.3) is 0 Å². The first-order valence-corrected chi connectivity index (χ1v) is 9.85. The number of hydrogen-bond acceptors (Lipinski definition) is 4. The smallest absolute Gasteiger partial charge is 0.309 e. The number of rotatable bonds is 3. The molecule has 0 saturated heterocycles. The summed E-state index contributed by atoms with van der Waals surface area (Å²) in [5, 5.41) is 41.1. The molecule has 0 heterocycles. The van der Waals surface area contributed by atoms with Gasteiger partial charge in [-0.05, 0) is 74.0 Å². The summed E-state index contributed by atoms with van der Waals surface area (Å²) >= 11 is 0. The van der Waals surface area contributed by atoms with E-state index >= 15 is 0 Å². The molecule has 4 aliphatic rings. The molecular weight excluding hydrogens is 336 g/mol. The first-order valence-electron chi connectivity index (χ1n) is 9.85. The number of aliphatic hydroxyl groups is 2. The number of carboxylic acids is 2. The Bertz CT molecular complexity index is 663. The SMILES string of the molecule is C[C@@]12CCC[C@@](C)(C(=O)O)[C@H]1[C@H](C(=O)O)[C@@]13C[C@@H](CC[C@@H]21)[C@@](O)(CO)C3. The zero-order valence-electron chi connectivity index (χ0n) is 15.6. The van der Waals surface area contributed by atoms with Crippen molar-refractivity contribution in [3.05, 3.63) is 0 Å². The van der Waals surface area contributed by atoms with Crippen molar-refractivity contribution in [3.8, 4) is 0 Å². The Balaban J connectivity index is 1.91. The number of hydrogen-bond donors (Lipinski definition) is 4. The summed E-state index contributed by atoms with van der Waals surface area (Å²) in [7, 11) is 0. The van der Waals surface area contributed by atoms with Crippen molar-refractivity contribution >= 4 is 11.9 Å². The van der Waals surface area contributed by atoms with Gasteiger partial charge >= 0.3 is 11.9 Å². The van der Waals surface area contributed by atoms with E-state index in [-0.39, 0.29) is 30.3 Å². The van der Waals surface area contributed by atoms with Gasteiger partial charge in [-0.15, -0.1) is 0 Å². The normalized spacial score (nSPS) is 55.2. The van der Waals surface area contributed by atoms with Crippen LogP contribution in [-0.4, -0.2) is 44.6 Å². The van der Waals surface area contributed by atoms with Crippen LogP contribution in [0.4, 0.5) is 0 Å². The quantitative estimate of drug-likeness (QED) is 0.608. The average molecular weight is 366 g/mol. The Morgan fingerprint density at radius 2 is 1.81 bits per heavy atom. The van der Waals surface area contributed by atoms with Crippen LogP contribution < -0.4 is 0 Å². The molecular formula is C20H30O6. The van der Waals surface area contributed by atoms with Gasteiger partial charge in [0.25, 0.3) is 0 Å². The standard InChI is InChI=1S/C20H30O6/c1-17-6-3-7-18(2,16(24)25)14(17)13(15(22)23)19-8-11(4-5-12(17)19)20(26,9-19)10-21/h11-14,21,26H,3-10H2,1-2H3,(H,22,23)(H,24,25)/t11-,12+,13-,14+,17+,18-,19-,20+/m1/s1. The average Bonchev–Trinajstić information content (AvgIpc) is 2.93. The third-order valence-electron chi connectivity index (χ3n) is 9.11. The second-order valence-electron chi connectivity index (χ2n) is 10.1. The molecule has 0 aromatic heterocycles. The Kier molecular flexibility index (Phi) is 3.66. The maximum Gasteiger partial charge on any atom is 0.309 e. The molecule has 26 heavy (non-hydrogen) atoms. The third-order valence-corrected chi connectivity index (χ3v) is 9.11. The summed E-state index contributed by atoms with van der Waals surface area (Å²) < 4.78 is 0. The Morgan fingerprint density at radius 1 is 1.12 bits per heavy atom. The number of carboxylic acid groups (broad SMARTS) is 2. The van der Waals surface area contributed by atoms with E-state index in [1.54, 1.807) is 6.92 Å². The molecule has 0 unspecified atom stereocenters. The van der Waals surface area contributed by atoms with Crippen LogP contribution >= 0.6 is 0 Å². The summed E-state index contributed by atoms with van der Waals surface area (Å²) in [5.41, 5.74) is -3.24. The van der Waals surface area contributed by atoms with Crippen molar-refractivity contribution in [1.29, 1.82) is 0 Å². The molecule has 6 heteroatoms. The van der Waals surface area contributed by atoms with Crippen LogP contribution in [0.15, 0.2) is 0 Å². The van der Waals surface area contributed by atoms with Crippen molar-refractivity contribution in [1.82, 2.24) is 0 Å². The molecule has 0 aromatic rings. The minimum absolute atomic E-state index is 0.0922. The molecule has 8 atom stereocenters. The molecule has 0 aliphatic heterocycles. The molecule has 146 valence electrons. The van der Waals surface area contributed by atoms with Crippen LogP contribution in [0.5, 0.6) is 0 Å². The second-order valence-corrected chi connectivity index (χ2v) is 10.1. The first-order chi connectivity index (χ1) is 12.0. The number of aliphatic hydroxyl groups excluding tert-OH is 1. The fraction of sp³-hybridized carbons (Fsp3) is 0.900. The maximum absolute atomic E-state index is 12.5. The highest BCUT2D eigenvalue weighted by Gasteiger charge is 2.77. The van der Waals surface area contributed by atoms with Crippen LogP contribution in [0, 0.1) is 39.9 Å². The van der Waals surface area contributed by atoms with E-state index in [0.717, 1.165) is 25.7 Å². The van der Waals surface area contributed by atoms with E-state index in [4.69, 9.17) is 0 Å². The lowest BCUT2D eigenvalue weighted by atomic mass is 9.53. The van der Waals surface area contributed by atoms with Gasteiger partial charge in [-0.2, -0.15) is 0 Å². The highest BCUT2D eigenvalue weighted by Crippen LogP contribution is 2.78. The highest BCUT2D eigenvalue weighted by atomic mass is 16.4. The fourth-order valence-electron chi connectivity index (χ4n) is 8.33. The van der Waals surface area contributed by atoms with Crippen LogP contribution in [0.3, 0.4) is 0 Å². The van der Waals surface area contributed by atoms with E-state index in [1.165, 1.54) is 0 Å². The molecule has 0 amide bonds. The predicted octanol–water partition coefficient (Wildman–Crippen LogP) is 2.13. The lowest BCUT2D eigenvalue weighted by Crippen LogP contribution is -2.50. The summed E-state index contributed by atoms with van der Waals surface area (Å²) in [5.74, 6) is -3.05. The molecule has 0 radical (unpaired) electrons. The van der Waals surface area contributed by atoms with E-state index in [0.29, 0.717) is 12.8 Å². The molecule has 1 spiro atoms. The molecule has 6 nitrogen and oxygen atoms in total. The second kappa shape index (κ2) is 5.22. The molecule has 4 fully saturated rings. The zero-order chi connectivity index (χ0) is 19.1. The van der Waals surface area contributed by atoms with Gasteiger partial charge in [0.05, 0.1) is 23.5 Å². The van der Waals surface area contributed by atoms with E-state index in [2.05, 4.69) is 6.92 Å². The van der Waals surface area contributed by atoms with Crippen molar-refractivity contribution in [2.45, 2.75) is 64.4 Å². The molecule has 2 bridgehead atoms. The van der Waals surface area contributed by atoms with E-state index in [9.17, 15) is 30.0 Å². The van der Waals surface area contributed by atoms with Gasteiger partial charge in [0.2, 0.25) is 0 Å². The Morgan fingerprint density at radius 3 is 2.38 bits per heavy atom. The molecule has 0 aromatic carbocycles. The van der Waals surface area contributed by atoms with Crippen LogP contribution in [0.2, 0.25) is 0 Å². The number of carbonyl (C=O) groups is 2. The van der Waals surface area contributed by atoms with Gasteiger partial charge < -0.3 is 20.4 Å². The first kappa shape index (κ1) is 18.2. The predicted molar refractivity (Wildman–Crippen MR) is 92.2 cm³/mol. The molecule has 4 aliphatic carbocycles. The van der Waals surface area contributed by atoms with Crippen molar-refractivity contribution in [2.24, 2.45) is 39.9 Å². The van der Waals surface area contributed by atoms with Crippen molar-refractivity contribution in [2.75, 3.05) is 6.61 Å². The summed E-state index contributed by atoms with van der Waals surface area (Å²) in [6.07, 6.45) is 4.61. The Hall–Kier alpha value is -1.14. The molecule has 4 rings (SSSR count).